The van der Waals surface area contributed by atoms with Crippen LogP contribution in [0.2, 0.25) is 0 Å². The predicted molar refractivity (Wildman–Crippen MR) is 92.6 cm³/mol. The van der Waals surface area contributed by atoms with Gasteiger partial charge in [-0.15, -0.1) is 0 Å². The number of hydrazone groups is 1. The van der Waals surface area contributed by atoms with Gasteiger partial charge in [-0.1, -0.05) is 28.1 Å². The lowest BCUT2D eigenvalue weighted by Crippen LogP contribution is -2.35. The third-order valence-electron chi connectivity index (χ3n) is 4.40. The predicted octanol–water partition coefficient (Wildman–Crippen LogP) is 3.90. The van der Waals surface area contributed by atoms with Gasteiger partial charge in [0.2, 0.25) is 0 Å². The largest absolute Gasteiger partial charge is 0.463 e. The number of hydrogen-bond donors (Lipinski definition) is 0. The van der Waals surface area contributed by atoms with Crippen LogP contribution in [0.5, 0.6) is 0 Å². The Hall–Kier alpha value is -1.92. The molecule has 1 fully saturated rings. The van der Waals surface area contributed by atoms with Gasteiger partial charge in [-0.25, -0.2) is 5.01 Å². The maximum Gasteiger partial charge on any atom is 0.272 e. The van der Waals surface area contributed by atoms with Crippen molar-refractivity contribution in [1.82, 2.24) is 5.01 Å². The number of ether oxygens (including phenoxy) is 1. The van der Waals surface area contributed by atoms with E-state index in [0.717, 1.165) is 28.6 Å². The average molecular weight is 389 g/mol. The number of nitrogens with zero attached hydrogens (tertiary/aromatic N) is 2. The van der Waals surface area contributed by atoms with E-state index in [1.165, 1.54) is 0 Å². The minimum Gasteiger partial charge on any atom is -0.463 e. The highest BCUT2D eigenvalue weighted by molar-refractivity contribution is 9.10. The second-order valence-electron chi connectivity index (χ2n) is 5.98. The van der Waals surface area contributed by atoms with E-state index >= 15 is 0 Å². The Bertz CT molecular complexity index is 749. The van der Waals surface area contributed by atoms with Crippen molar-refractivity contribution < 1.29 is 13.9 Å². The van der Waals surface area contributed by atoms with Crippen molar-refractivity contribution in [3.05, 3.63) is 58.5 Å². The van der Waals surface area contributed by atoms with E-state index < -0.39 is 0 Å². The smallest absolute Gasteiger partial charge is 0.272 e. The van der Waals surface area contributed by atoms with Crippen molar-refractivity contribution in [2.45, 2.75) is 31.4 Å². The molecule has 1 aromatic heterocycles. The van der Waals surface area contributed by atoms with Crippen molar-refractivity contribution in [3.63, 3.8) is 0 Å². The first kappa shape index (κ1) is 15.6. The van der Waals surface area contributed by atoms with Crippen molar-refractivity contribution in [2.24, 2.45) is 5.10 Å². The van der Waals surface area contributed by atoms with Gasteiger partial charge in [0.25, 0.3) is 5.91 Å². The molecule has 24 heavy (non-hydrogen) atoms. The molecule has 2 aliphatic heterocycles. The molecular weight excluding hydrogens is 372 g/mol. The monoisotopic (exact) mass is 388 g/mol. The van der Waals surface area contributed by atoms with Gasteiger partial charge >= 0.3 is 0 Å². The highest BCUT2D eigenvalue weighted by atomic mass is 79.9. The Morgan fingerprint density at radius 1 is 1.25 bits per heavy atom. The Labute approximate surface area is 148 Å². The summed E-state index contributed by atoms with van der Waals surface area (Å²) in [7, 11) is 0. The van der Waals surface area contributed by atoms with Gasteiger partial charge < -0.3 is 9.15 Å². The lowest BCUT2D eigenvalue weighted by Gasteiger charge is -2.24. The Kier molecular flexibility index (Phi) is 4.24. The zero-order valence-corrected chi connectivity index (χ0v) is 14.6. The van der Waals surface area contributed by atoms with Crippen LogP contribution in [-0.4, -0.2) is 29.3 Å². The molecule has 2 aromatic rings. The van der Waals surface area contributed by atoms with Crippen LogP contribution in [-0.2, 0) is 9.53 Å². The van der Waals surface area contributed by atoms with Gasteiger partial charge in [0, 0.05) is 17.5 Å². The standard InChI is InChI=1S/C18H17BrN2O3/c19-13-7-5-12(6-8-13)15-11-14(16-3-1-9-23-16)20-21(15)18(22)17-4-2-10-24-17/h1,3,5-9,15,17H,2,4,10-11H2/t15-,17+/m1/s1. The lowest BCUT2D eigenvalue weighted by atomic mass is 10.0. The molecule has 6 heteroatoms. The lowest BCUT2D eigenvalue weighted by molar-refractivity contribution is -0.142. The second-order valence-corrected chi connectivity index (χ2v) is 6.90. The van der Waals surface area contributed by atoms with E-state index in [9.17, 15) is 4.79 Å². The van der Waals surface area contributed by atoms with Gasteiger partial charge in [-0.05, 0) is 42.7 Å². The first-order valence-electron chi connectivity index (χ1n) is 8.04. The summed E-state index contributed by atoms with van der Waals surface area (Å²) in [5.41, 5.74) is 1.84. The Morgan fingerprint density at radius 3 is 2.75 bits per heavy atom. The highest BCUT2D eigenvalue weighted by Crippen LogP contribution is 2.35. The molecule has 1 aromatic carbocycles. The summed E-state index contributed by atoms with van der Waals surface area (Å²) in [5.74, 6) is 0.640. The fraction of sp³-hybridized carbons (Fsp3) is 0.333. The Morgan fingerprint density at radius 2 is 2.08 bits per heavy atom. The summed E-state index contributed by atoms with van der Waals surface area (Å²) >= 11 is 3.45. The van der Waals surface area contributed by atoms with Crippen LogP contribution in [0.25, 0.3) is 0 Å². The number of rotatable bonds is 3. The molecule has 5 nitrogen and oxygen atoms in total. The number of halogens is 1. The van der Waals surface area contributed by atoms with Gasteiger partial charge in [-0.3, -0.25) is 4.79 Å². The van der Waals surface area contributed by atoms with E-state index in [1.807, 2.05) is 36.4 Å². The number of benzene rings is 1. The molecule has 124 valence electrons. The van der Waals surface area contributed by atoms with Gasteiger partial charge in [0.05, 0.1) is 12.3 Å². The van der Waals surface area contributed by atoms with E-state index in [-0.39, 0.29) is 18.1 Å². The number of hydrogen-bond acceptors (Lipinski definition) is 4. The van der Waals surface area contributed by atoms with Crippen molar-refractivity contribution in [2.75, 3.05) is 6.61 Å². The van der Waals surface area contributed by atoms with Crippen LogP contribution >= 0.6 is 15.9 Å². The van der Waals surface area contributed by atoms with Crippen molar-refractivity contribution in [1.29, 1.82) is 0 Å². The molecule has 0 bridgehead atoms. The van der Waals surface area contributed by atoms with Gasteiger partial charge in [0.1, 0.15) is 17.6 Å². The zero-order valence-electron chi connectivity index (χ0n) is 13.0. The molecule has 0 saturated carbocycles. The summed E-state index contributed by atoms with van der Waals surface area (Å²) in [6.07, 6.45) is 3.54. The molecule has 1 saturated heterocycles. The summed E-state index contributed by atoms with van der Waals surface area (Å²) < 4.78 is 12.0. The molecule has 4 rings (SSSR count). The fourth-order valence-corrected chi connectivity index (χ4v) is 3.43. The molecule has 0 radical (unpaired) electrons. The van der Waals surface area contributed by atoms with Crippen LogP contribution in [0.15, 0.2) is 56.7 Å². The third kappa shape index (κ3) is 2.91. The van der Waals surface area contributed by atoms with Gasteiger partial charge in [-0.2, -0.15) is 5.10 Å². The van der Waals surface area contributed by atoms with Crippen LogP contribution < -0.4 is 0 Å². The number of carbonyl (C=O) groups excluding carboxylic acids is 1. The maximum atomic E-state index is 12.9. The van der Waals surface area contributed by atoms with E-state index in [0.29, 0.717) is 18.8 Å². The quantitative estimate of drug-likeness (QED) is 0.800. The zero-order chi connectivity index (χ0) is 16.5. The molecule has 1 amide bonds. The van der Waals surface area contributed by atoms with Crippen molar-refractivity contribution >= 4 is 27.5 Å². The van der Waals surface area contributed by atoms with Crippen LogP contribution in [0.3, 0.4) is 0 Å². The summed E-state index contributed by atoms with van der Waals surface area (Å²) in [4.78, 5) is 12.9. The molecule has 3 heterocycles. The number of furan rings is 1. The molecule has 0 spiro atoms. The maximum absolute atomic E-state index is 12.9. The minimum atomic E-state index is -0.386. The number of amides is 1. The van der Waals surface area contributed by atoms with E-state index in [1.54, 1.807) is 11.3 Å². The van der Waals surface area contributed by atoms with E-state index in [2.05, 4.69) is 21.0 Å². The first-order valence-corrected chi connectivity index (χ1v) is 8.83. The molecule has 2 atom stereocenters. The molecule has 0 unspecified atom stereocenters. The second kappa shape index (κ2) is 6.53. The third-order valence-corrected chi connectivity index (χ3v) is 4.93. The topological polar surface area (TPSA) is 55.0 Å². The average Bonchev–Trinajstić information content (AvgIpc) is 3.34. The molecule has 0 aliphatic carbocycles. The SMILES string of the molecule is O=C([C@@H]1CCCO1)N1N=C(c2ccco2)C[C@@H]1c1ccc(Br)cc1. The van der Waals surface area contributed by atoms with Crippen LogP contribution in [0.1, 0.15) is 36.6 Å². The minimum absolute atomic E-state index is 0.0676. The molecular formula is C18H17BrN2O3. The summed E-state index contributed by atoms with van der Waals surface area (Å²) in [6.45, 7) is 0.641. The first-order chi connectivity index (χ1) is 11.7. The van der Waals surface area contributed by atoms with Gasteiger partial charge in [0.15, 0.2) is 0 Å². The molecule has 0 N–H and O–H groups in total. The van der Waals surface area contributed by atoms with Crippen molar-refractivity contribution in [3.8, 4) is 0 Å². The Balaban J connectivity index is 1.66. The normalized spacial score (nSPS) is 23.5. The number of carbonyl (C=O) groups is 1. The fourth-order valence-electron chi connectivity index (χ4n) is 3.17. The van der Waals surface area contributed by atoms with Crippen LogP contribution in [0.4, 0.5) is 0 Å². The molecule has 2 aliphatic rings. The summed E-state index contributed by atoms with van der Waals surface area (Å²) in [6, 6.07) is 11.6. The van der Waals surface area contributed by atoms with E-state index in [4.69, 9.17) is 9.15 Å². The van der Waals surface area contributed by atoms with Crippen LogP contribution in [0, 0.1) is 0 Å². The summed E-state index contributed by atoms with van der Waals surface area (Å²) in [5, 5.41) is 6.15. The highest BCUT2D eigenvalue weighted by Gasteiger charge is 2.38.